The maximum absolute atomic E-state index is 11.4. The van der Waals surface area contributed by atoms with E-state index in [0.29, 0.717) is 12.3 Å². The van der Waals surface area contributed by atoms with Crippen molar-refractivity contribution < 1.29 is 4.74 Å². The fourth-order valence-electron chi connectivity index (χ4n) is 1.39. The van der Waals surface area contributed by atoms with Crippen LogP contribution in [0.25, 0.3) is 5.69 Å². The second-order valence-electron chi connectivity index (χ2n) is 3.09. The SMILES string of the molecule is COCc1c(Br)cccc1-n1nn[nH]c1=O. The monoisotopic (exact) mass is 284 g/mol. The van der Waals surface area contributed by atoms with Crippen LogP contribution in [-0.2, 0) is 11.3 Å². The maximum Gasteiger partial charge on any atom is 0.365 e. The summed E-state index contributed by atoms with van der Waals surface area (Å²) in [5.41, 5.74) is 1.12. The molecular weight excluding hydrogens is 276 g/mol. The van der Waals surface area contributed by atoms with E-state index in [9.17, 15) is 4.79 Å². The third-order valence-corrected chi connectivity index (χ3v) is 2.83. The van der Waals surface area contributed by atoms with Crippen LogP contribution in [0.3, 0.4) is 0 Å². The van der Waals surface area contributed by atoms with E-state index in [4.69, 9.17) is 4.74 Å². The highest BCUT2D eigenvalue weighted by atomic mass is 79.9. The lowest BCUT2D eigenvalue weighted by Crippen LogP contribution is -2.18. The number of aromatic nitrogens is 4. The van der Waals surface area contributed by atoms with Crippen LogP contribution in [-0.4, -0.2) is 27.3 Å². The summed E-state index contributed by atoms with van der Waals surface area (Å²) in [4.78, 5) is 11.4. The Kier molecular flexibility index (Phi) is 3.16. The molecule has 0 radical (unpaired) electrons. The lowest BCUT2D eigenvalue weighted by molar-refractivity contribution is 0.184. The zero-order valence-electron chi connectivity index (χ0n) is 8.48. The van der Waals surface area contributed by atoms with Gasteiger partial charge in [-0.1, -0.05) is 22.0 Å². The van der Waals surface area contributed by atoms with Gasteiger partial charge in [-0.2, -0.15) is 4.68 Å². The molecule has 1 heterocycles. The second-order valence-corrected chi connectivity index (χ2v) is 3.94. The number of nitrogens with one attached hydrogen (secondary N) is 1. The summed E-state index contributed by atoms with van der Waals surface area (Å²) < 4.78 is 7.14. The molecule has 0 saturated carbocycles. The highest BCUT2D eigenvalue weighted by Crippen LogP contribution is 2.22. The molecule has 0 aliphatic heterocycles. The van der Waals surface area contributed by atoms with Gasteiger partial charge in [-0.3, -0.25) is 0 Å². The average molecular weight is 285 g/mol. The van der Waals surface area contributed by atoms with Crippen molar-refractivity contribution in [1.82, 2.24) is 20.2 Å². The number of hydrogen-bond donors (Lipinski definition) is 1. The molecule has 16 heavy (non-hydrogen) atoms. The van der Waals surface area contributed by atoms with Gasteiger partial charge in [0.1, 0.15) is 0 Å². The number of H-pyrrole nitrogens is 1. The topological polar surface area (TPSA) is 72.8 Å². The third-order valence-electron chi connectivity index (χ3n) is 2.08. The van der Waals surface area contributed by atoms with Crippen LogP contribution in [0.5, 0.6) is 0 Å². The number of hydrogen-bond acceptors (Lipinski definition) is 4. The Morgan fingerprint density at radius 1 is 1.56 bits per heavy atom. The molecule has 1 aromatic carbocycles. The van der Waals surface area contributed by atoms with Crippen LogP contribution in [0.4, 0.5) is 0 Å². The van der Waals surface area contributed by atoms with E-state index >= 15 is 0 Å². The van der Waals surface area contributed by atoms with Crippen LogP contribution in [0.1, 0.15) is 5.56 Å². The Bertz CT molecular complexity index is 548. The molecule has 84 valence electrons. The number of ether oxygens (including phenoxy) is 1. The van der Waals surface area contributed by atoms with E-state index in [0.717, 1.165) is 10.0 Å². The Labute approximate surface area is 99.3 Å². The normalized spacial score (nSPS) is 10.6. The van der Waals surface area contributed by atoms with E-state index in [2.05, 4.69) is 31.5 Å². The molecule has 2 aromatic rings. The Morgan fingerprint density at radius 3 is 3.00 bits per heavy atom. The van der Waals surface area contributed by atoms with Crippen LogP contribution in [0, 0.1) is 0 Å². The molecule has 0 atom stereocenters. The molecule has 0 unspecified atom stereocenters. The minimum Gasteiger partial charge on any atom is -0.380 e. The number of tetrazole rings is 1. The van der Waals surface area contributed by atoms with Gasteiger partial charge in [-0.15, -0.1) is 0 Å². The number of rotatable bonds is 3. The Morgan fingerprint density at radius 2 is 2.38 bits per heavy atom. The first-order chi connectivity index (χ1) is 7.74. The maximum atomic E-state index is 11.4. The van der Waals surface area contributed by atoms with Crippen LogP contribution >= 0.6 is 15.9 Å². The zero-order chi connectivity index (χ0) is 11.5. The largest absolute Gasteiger partial charge is 0.380 e. The fraction of sp³-hybridized carbons (Fsp3) is 0.222. The molecule has 0 bridgehead atoms. The lowest BCUT2D eigenvalue weighted by Gasteiger charge is -2.08. The van der Waals surface area contributed by atoms with Gasteiger partial charge < -0.3 is 4.74 Å². The predicted molar refractivity (Wildman–Crippen MR) is 60.4 cm³/mol. The van der Waals surface area contributed by atoms with Gasteiger partial charge in [0.2, 0.25) is 0 Å². The first-order valence-electron chi connectivity index (χ1n) is 4.51. The molecule has 1 N–H and O–H groups in total. The fourth-order valence-corrected chi connectivity index (χ4v) is 1.86. The van der Waals surface area contributed by atoms with E-state index in [1.165, 1.54) is 4.68 Å². The smallest absolute Gasteiger partial charge is 0.365 e. The number of nitrogens with zero attached hydrogens (tertiary/aromatic N) is 3. The number of methoxy groups -OCH3 is 1. The summed E-state index contributed by atoms with van der Waals surface area (Å²) in [5.74, 6) is 0. The minimum absolute atomic E-state index is 0.379. The van der Waals surface area contributed by atoms with Crippen molar-refractivity contribution in [2.75, 3.05) is 7.11 Å². The first kappa shape index (κ1) is 11.0. The summed E-state index contributed by atoms with van der Waals surface area (Å²) in [7, 11) is 1.59. The van der Waals surface area contributed by atoms with Crippen molar-refractivity contribution in [2.45, 2.75) is 6.61 Å². The van der Waals surface area contributed by atoms with E-state index in [-0.39, 0.29) is 5.69 Å². The molecule has 0 fully saturated rings. The molecule has 0 saturated heterocycles. The van der Waals surface area contributed by atoms with Crippen molar-refractivity contribution in [3.63, 3.8) is 0 Å². The second kappa shape index (κ2) is 4.58. The summed E-state index contributed by atoms with van der Waals surface area (Å²) >= 11 is 3.40. The van der Waals surface area contributed by atoms with Crippen LogP contribution < -0.4 is 5.69 Å². The van der Waals surface area contributed by atoms with Gasteiger partial charge in [0, 0.05) is 17.1 Å². The van der Waals surface area contributed by atoms with Crippen molar-refractivity contribution in [3.05, 3.63) is 38.7 Å². The summed E-state index contributed by atoms with van der Waals surface area (Å²) in [6.45, 7) is 0.385. The molecule has 0 aliphatic carbocycles. The molecule has 1 aromatic heterocycles. The molecule has 2 rings (SSSR count). The molecule has 7 heteroatoms. The highest BCUT2D eigenvalue weighted by Gasteiger charge is 2.11. The van der Waals surface area contributed by atoms with Gasteiger partial charge in [0.15, 0.2) is 0 Å². The predicted octanol–water partition coefficient (Wildman–Crippen LogP) is 0.864. The van der Waals surface area contributed by atoms with Gasteiger partial charge in [-0.25, -0.2) is 9.89 Å². The Hall–Kier alpha value is -1.47. The number of aromatic amines is 1. The quantitative estimate of drug-likeness (QED) is 0.908. The summed E-state index contributed by atoms with van der Waals surface area (Å²) in [6, 6.07) is 5.48. The van der Waals surface area contributed by atoms with E-state index in [1.54, 1.807) is 13.2 Å². The molecular formula is C9H9BrN4O2. The van der Waals surface area contributed by atoms with Gasteiger partial charge >= 0.3 is 5.69 Å². The average Bonchev–Trinajstić information content (AvgIpc) is 2.68. The van der Waals surface area contributed by atoms with Crippen molar-refractivity contribution >= 4 is 15.9 Å². The standard InChI is InChI=1S/C9H9BrN4O2/c1-16-5-6-7(10)3-2-4-8(6)14-9(15)11-12-13-14/h2-4H,5H2,1H3,(H,11,13,15). The molecule has 0 spiro atoms. The zero-order valence-corrected chi connectivity index (χ0v) is 10.1. The van der Waals surface area contributed by atoms with E-state index in [1.807, 2.05) is 12.1 Å². The van der Waals surface area contributed by atoms with Crippen LogP contribution in [0.15, 0.2) is 27.5 Å². The van der Waals surface area contributed by atoms with Crippen molar-refractivity contribution in [2.24, 2.45) is 0 Å². The number of halogens is 1. The highest BCUT2D eigenvalue weighted by molar-refractivity contribution is 9.10. The van der Waals surface area contributed by atoms with E-state index < -0.39 is 0 Å². The minimum atomic E-state index is -0.379. The van der Waals surface area contributed by atoms with Gasteiger partial charge in [0.05, 0.1) is 12.3 Å². The van der Waals surface area contributed by atoms with Gasteiger partial charge in [-0.05, 0) is 22.6 Å². The first-order valence-corrected chi connectivity index (χ1v) is 5.30. The third kappa shape index (κ3) is 1.91. The van der Waals surface area contributed by atoms with Crippen molar-refractivity contribution in [1.29, 1.82) is 0 Å². The van der Waals surface area contributed by atoms with Crippen molar-refractivity contribution in [3.8, 4) is 5.69 Å². The lowest BCUT2D eigenvalue weighted by atomic mass is 10.2. The van der Waals surface area contributed by atoms with Gasteiger partial charge in [0.25, 0.3) is 0 Å². The Balaban J connectivity index is 2.61. The number of benzene rings is 1. The molecule has 0 aliphatic rings. The summed E-state index contributed by atoms with van der Waals surface area (Å²) in [5, 5.41) is 9.39. The molecule has 0 amide bonds. The molecule has 6 nitrogen and oxygen atoms in total. The summed E-state index contributed by atoms with van der Waals surface area (Å²) in [6.07, 6.45) is 0. The van der Waals surface area contributed by atoms with Crippen LogP contribution in [0.2, 0.25) is 0 Å².